The number of aromatic nitrogens is 1. The SMILES string of the molecule is Nc1ccc2[nH]cc(S(=O)(=O)NCCC(F)(F)F)c2c1. The number of nitrogens with two attached hydrogens (primary N) is 1. The molecule has 0 aliphatic rings. The van der Waals surface area contributed by atoms with Crippen LogP contribution in [0.15, 0.2) is 29.3 Å². The highest BCUT2D eigenvalue weighted by molar-refractivity contribution is 7.89. The molecular formula is C11H12F3N3O2S. The molecule has 0 saturated carbocycles. The van der Waals surface area contributed by atoms with Gasteiger partial charge in [-0.2, -0.15) is 13.2 Å². The Morgan fingerprint density at radius 1 is 1.30 bits per heavy atom. The van der Waals surface area contributed by atoms with Gasteiger partial charge < -0.3 is 10.7 Å². The third kappa shape index (κ3) is 3.23. The maximum atomic E-state index is 12.0. The minimum absolute atomic E-state index is 0.123. The fourth-order valence-electron chi connectivity index (χ4n) is 1.74. The zero-order chi connectivity index (χ0) is 15.0. The van der Waals surface area contributed by atoms with Crippen molar-refractivity contribution in [3.05, 3.63) is 24.4 Å². The van der Waals surface area contributed by atoms with Gasteiger partial charge in [0.05, 0.1) is 6.42 Å². The summed E-state index contributed by atoms with van der Waals surface area (Å²) in [5.41, 5.74) is 6.48. The first-order chi connectivity index (χ1) is 9.19. The molecule has 2 rings (SSSR count). The smallest absolute Gasteiger partial charge is 0.390 e. The molecule has 1 heterocycles. The van der Waals surface area contributed by atoms with Crippen molar-refractivity contribution in [1.82, 2.24) is 9.71 Å². The van der Waals surface area contributed by atoms with Gasteiger partial charge in [-0.3, -0.25) is 0 Å². The molecule has 0 unspecified atom stereocenters. The van der Waals surface area contributed by atoms with E-state index in [0.717, 1.165) is 0 Å². The Hall–Kier alpha value is -1.74. The molecule has 110 valence electrons. The molecule has 5 nitrogen and oxygen atoms in total. The zero-order valence-electron chi connectivity index (χ0n) is 10.2. The number of benzene rings is 1. The number of hydrogen-bond donors (Lipinski definition) is 3. The molecule has 2 aromatic rings. The molecule has 0 amide bonds. The molecule has 0 aliphatic heterocycles. The van der Waals surface area contributed by atoms with Crippen molar-refractivity contribution in [2.24, 2.45) is 0 Å². The van der Waals surface area contributed by atoms with E-state index in [2.05, 4.69) is 4.98 Å². The van der Waals surface area contributed by atoms with Crippen LogP contribution in [0.2, 0.25) is 0 Å². The van der Waals surface area contributed by atoms with E-state index in [0.29, 0.717) is 16.6 Å². The van der Waals surface area contributed by atoms with Crippen molar-refractivity contribution in [2.75, 3.05) is 12.3 Å². The van der Waals surface area contributed by atoms with E-state index in [1.807, 2.05) is 4.72 Å². The normalized spacial score (nSPS) is 12.9. The van der Waals surface area contributed by atoms with Crippen LogP contribution in [0.25, 0.3) is 10.9 Å². The third-order valence-corrected chi connectivity index (χ3v) is 4.16. The summed E-state index contributed by atoms with van der Waals surface area (Å²) in [5.74, 6) is 0. The van der Waals surface area contributed by atoms with Crippen molar-refractivity contribution in [3.63, 3.8) is 0 Å². The molecule has 20 heavy (non-hydrogen) atoms. The third-order valence-electron chi connectivity index (χ3n) is 2.66. The highest BCUT2D eigenvalue weighted by Crippen LogP contribution is 2.25. The highest BCUT2D eigenvalue weighted by Gasteiger charge is 2.28. The lowest BCUT2D eigenvalue weighted by Crippen LogP contribution is -2.28. The van der Waals surface area contributed by atoms with Gasteiger partial charge in [-0.25, -0.2) is 13.1 Å². The molecule has 0 atom stereocenters. The molecule has 0 saturated heterocycles. The van der Waals surface area contributed by atoms with Crippen LogP contribution >= 0.6 is 0 Å². The van der Waals surface area contributed by atoms with Crippen LogP contribution in [0.4, 0.5) is 18.9 Å². The van der Waals surface area contributed by atoms with Gasteiger partial charge in [-0.15, -0.1) is 0 Å². The predicted molar refractivity (Wildman–Crippen MR) is 68.6 cm³/mol. The number of anilines is 1. The summed E-state index contributed by atoms with van der Waals surface area (Å²) < 4.78 is 61.9. The molecule has 9 heteroatoms. The number of nitrogens with one attached hydrogen (secondary N) is 2. The van der Waals surface area contributed by atoms with E-state index in [1.54, 1.807) is 12.1 Å². The topological polar surface area (TPSA) is 88.0 Å². The quantitative estimate of drug-likeness (QED) is 0.755. The molecular weight excluding hydrogens is 295 g/mol. The van der Waals surface area contributed by atoms with E-state index in [4.69, 9.17) is 5.73 Å². The van der Waals surface area contributed by atoms with Crippen molar-refractivity contribution in [3.8, 4) is 0 Å². The van der Waals surface area contributed by atoms with Crippen LogP contribution in [0.5, 0.6) is 0 Å². The van der Waals surface area contributed by atoms with Crippen LogP contribution in [-0.4, -0.2) is 26.1 Å². The summed E-state index contributed by atoms with van der Waals surface area (Å²) in [5, 5.41) is 0.338. The Morgan fingerprint density at radius 2 is 2.00 bits per heavy atom. The molecule has 4 N–H and O–H groups in total. The molecule has 0 bridgehead atoms. The van der Waals surface area contributed by atoms with Gasteiger partial charge in [-0.1, -0.05) is 0 Å². The Balaban J connectivity index is 2.26. The van der Waals surface area contributed by atoms with Gasteiger partial charge in [0.2, 0.25) is 10.0 Å². The maximum absolute atomic E-state index is 12.0. The van der Waals surface area contributed by atoms with E-state index < -0.39 is 29.2 Å². The van der Waals surface area contributed by atoms with Gasteiger partial charge in [-0.05, 0) is 18.2 Å². The van der Waals surface area contributed by atoms with E-state index in [-0.39, 0.29) is 4.90 Å². The summed E-state index contributed by atoms with van der Waals surface area (Å²) in [6.07, 6.45) is -4.41. The number of H-pyrrole nitrogens is 1. The first-order valence-corrected chi connectivity index (χ1v) is 7.10. The first-order valence-electron chi connectivity index (χ1n) is 5.62. The van der Waals surface area contributed by atoms with Crippen molar-refractivity contribution >= 4 is 26.6 Å². The minimum atomic E-state index is -4.41. The predicted octanol–water partition coefficient (Wildman–Crippen LogP) is 1.98. The summed E-state index contributed by atoms with van der Waals surface area (Å²) >= 11 is 0. The largest absolute Gasteiger partial charge is 0.399 e. The molecule has 0 spiro atoms. The van der Waals surface area contributed by atoms with E-state index in [9.17, 15) is 21.6 Å². The Labute approximate surface area is 113 Å². The van der Waals surface area contributed by atoms with Gasteiger partial charge in [0.25, 0.3) is 0 Å². The van der Waals surface area contributed by atoms with Crippen LogP contribution in [0.1, 0.15) is 6.42 Å². The minimum Gasteiger partial charge on any atom is -0.399 e. The summed E-state index contributed by atoms with van der Waals surface area (Å²) in [6, 6.07) is 4.63. The number of alkyl halides is 3. The number of fused-ring (bicyclic) bond motifs is 1. The fourth-order valence-corrected chi connectivity index (χ4v) is 2.94. The zero-order valence-corrected chi connectivity index (χ0v) is 11.0. The van der Waals surface area contributed by atoms with Gasteiger partial charge in [0.15, 0.2) is 0 Å². The second kappa shape index (κ2) is 4.98. The summed E-state index contributed by atoms with van der Waals surface area (Å²) in [7, 11) is -4.02. The number of hydrogen-bond acceptors (Lipinski definition) is 3. The Bertz CT molecular complexity index is 722. The summed E-state index contributed by atoms with van der Waals surface area (Å²) in [4.78, 5) is 2.61. The van der Waals surface area contributed by atoms with Gasteiger partial charge in [0, 0.05) is 29.3 Å². The van der Waals surface area contributed by atoms with E-state index >= 15 is 0 Å². The van der Waals surface area contributed by atoms with Crippen LogP contribution in [0.3, 0.4) is 0 Å². The van der Waals surface area contributed by atoms with Crippen LogP contribution in [0, 0.1) is 0 Å². The average molecular weight is 307 g/mol. The monoisotopic (exact) mass is 307 g/mol. The number of sulfonamides is 1. The van der Waals surface area contributed by atoms with Crippen molar-refractivity contribution in [2.45, 2.75) is 17.5 Å². The first kappa shape index (κ1) is 14.7. The molecule has 1 aromatic carbocycles. The van der Waals surface area contributed by atoms with Gasteiger partial charge in [0.1, 0.15) is 4.90 Å². The maximum Gasteiger partial charge on any atom is 0.390 e. The molecule has 1 aromatic heterocycles. The van der Waals surface area contributed by atoms with Crippen LogP contribution < -0.4 is 10.5 Å². The lowest BCUT2D eigenvalue weighted by molar-refractivity contribution is -0.132. The molecule has 0 aliphatic carbocycles. The number of halogens is 3. The number of rotatable bonds is 4. The highest BCUT2D eigenvalue weighted by atomic mass is 32.2. The van der Waals surface area contributed by atoms with E-state index in [1.165, 1.54) is 12.3 Å². The Kier molecular flexibility index (Phi) is 3.65. The van der Waals surface area contributed by atoms with Crippen molar-refractivity contribution in [1.29, 1.82) is 0 Å². The van der Waals surface area contributed by atoms with Gasteiger partial charge >= 0.3 is 6.18 Å². The van der Waals surface area contributed by atoms with Crippen LogP contribution in [-0.2, 0) is 10.0 Å². The number of nitrogen functional groups attached to an aromatic ring is 1. The average Bonchev–Trinajstić information content (AvgIpc) is 2.70. The van der Waals surface area contributed by atoms with Crippen molar-refractivity contribution < 1.29 is 21.6 Å². The second-order valence-corrected chi connectivity index (χ2v) is 5.96. The summed E-state index contributed by atoms with van der Waals surface area (Å²) in [6.45, 7) is -0.708. The lowest BCUT2D eigenvalue weighted by Gasteiger charge is -2.08. The molecule has 0 fully saturated rings. The fraction of sp³-hybridized carbons (Fsp3) is 0.273. The lowest BCUT2D eigenvalue weighted by atomic mass is 10.2. The second-order valence-electron chi connectivity index (χ2n) is 4.22. The molecule has 0 radical (unpaired) electrons. The Morgan fingerprint density at radius 3 is 2.65 bits per heavy atom. The standard InChI is InChI=1S/C11H12F3N3O2S/c12-11(13,14)3-4-17-20(18,19)10-6-16-9-2-1-7(15)5-8(9)10/h1-2,5-6,16-17H,3-4,15H2. The number of aromatic amines is 1.